The van der Waals surface area contributed by atoms with E-state index in [-0.39, 0.29) is 0 Å². The number of hydrogen-bond acceptors (Lipinski definition) is 5. The molecule has 0 aliphatic heterocycles. The maximum absolute atomic E-state index is 5.85. The van der Waals surface area contributed by atoms with Crippen molar-refractivity contribution in [2.45, 2.75) is 24.5 Å². The molecule has 108 valence electrons. The Bertz CT molecular complexity index is 748. The van der Waals surface area contributed by atoms with Gasteiger partial charge in [-0.15, -0.1) is 23.1 Å². The first-order valence-electron chi connectivity index (χ1n) is 6.62. The van der Waals surface area contributed by atoms with Gasteiger partial charge in [-0.05, 0) is 43.0 Å². The summed E-state index contributed by atoms with van der Waals surface area (Å²) in [4.78, 5) is 6.87. The normalized spacial score (nSPS) is 11.0. The quantitative estimate of drug-likeness (QED) is 0.550. The van der Waals surface area contributed by atoms with E-state index in [0.29, 0.717) is 5.89 Å². The van der Waals surface area contributed by atoms with Gasteiger partial charge in [-0.3, -0.25) is 0 Å². The number of thioether (sulfide) groups is 1. The van der Waals surface area contributed by atoms with E-state index in [1.54, 1.807) is 23.1 Å². The smallest absolute Gasteiger partial charge is 0.236 e. The van der Waals surface area contributed by atoms with E-state index in [1.165, 1.54) is 10.5 Å². The molecule has 5 heteroatoms. The number of aryl methyl sites for hydroxylation is 2. The molecule has 0 saturated heterocycles. The van der Waals surface area contributed by atoms with Crippen molar-refractivity contribution in [2.75, 3.05) is 5.73 Å². The molecule has 0 radical (unpaired) electrons. The highest BCUT2D eigenvalue weighted by Crippen LogP contribution is 2.31. The lowest BCUT2D eigenvalue weighted by molar-refractivity contribution is 0.542. The summed E-state index contributed by atoms with van der Waals surface area (Å²) in [6.07, 6.45) is 0. The molecule has 0 saturated carbocycles. The molecule has 0 atom stereocenters. The second-order valence-electron chi connectivity index (χ2n) is 4.81. The molecule has 2 aromatic heterocycles. The topological polar surface area (TPSA) is 52.0 Å². The predicted octanol–water partition coefficient (Wildman–Crippen LogP) is 4.89. The zero-order valence-corrected chi connectivity index (χ0v) is 13.6. The third kappa shape index (κ3) is 3.14. The molecule has 0 unspecified atom stereocenters. The molecular formula is C16H16N2OS2. The Morgan fingerprint density at radius 3 is 2.90 bits per heavy atom. The van der Waals surface area contributed by atoms with Crippen LogP contribution in [0.5, 0.6) is 0 Å². The van der Waals surface area contributed by atoms with Crippen molar-refractivity contribution in [2.24, 2.45) is 0 Å². The first-order chi connectivity index (χ1) is 10.1. The summed E-state index contributed by atoms with van der Waals surface area (Å²) in [6, 6.07) is 10.0. The van der Waals surface area contributed by atoms with Crippen molar-refractivity contribution in [3.05, 3.63) is 52.7 Å². The maximum Gasteiger partial charge on any atom is 0.236 e. The van der Waals surface area contributed by atoms with E-state index in [4.69, 9.17) is 10.2 Å². The second-order valence-corrected chi connectivity index (χ2v) is 6.78. The Hall–Kier alpha value is -1.72. The van der Waals surface area contributed by atoms with Gasteiger partial charge in [0.15, 0.2) is 0 Å². The fourth-order valence-corrected chi connectivity index (χ4v) is 3.71. The molecule has 2 heterocycles. The molecule has 0 aliphatic carbocycles. The van der Waals surface area contributed by atoms with Crippen molar-refractivity contribution < 1.29 is 4.42 Å². The standard InChI is InChI=1S/C16H16N2OS2/c1-10-5-6-12(17)8-15(10)21-9-13-11(2)19-16(18-13)14-4-3-7-20-14/h3-8H,9,17H2,1-2H3. The van der Waals surface area contributed by atoms with Gasteiger partial charge < -0.3 is 10.2 Å². The van der Waals surface area contributed by atoms with E-state index in [1.807, 2.05) is 42.6 Å². The first kappa shape index (κ1) is 14.2. The Labute approximate surface area is 132 Å². The van der Waals surface area contributed by atoms with Crippen LogP contribution in [0.3, 0.4) is 0 Å². The molecule has 0 fully saturated rings. The highest BCUT2D eigenvalue weighted by molar-refractivity contribution is 7.98. The van der Waals surface area contributed by atoms with Crippen LogP contribution in [0.4, 0.5) is 5.69 Å². The molecule has 21 heavy (non-hydrogen) atoms. The summed E-state index contributed by atoms with van der Waals surface area (Å²) >= 11 is 3.38. The molecule has 0 aliphatic rings. The summed E-state index contributed by atoms with van der Waals surface area (Å²) < 4.78 is 5.76. The minimum atomic E-state index is 0.711. The summed E-state index contributed by atoms with van der Waals surface area (Å²) in [5.41, 5.74) is 8.86. The fourth-order valence-electron chi connectivity index (χ4n) is 1.99. The minimum absolute atomic E-state index is 0.711. The lowest BCUT2D eigenvalue weighted by Crippen LogP contribution is -1.89. The van der Waals surface area contributed by atoms with Crippen LogP contribution in [0.15, 0.2) is 45.0 Å². The van der Waals surface area contributed by atoms with Gasteiger partial charge in [-0.1, -0.05) is 12.1 Å². The van der Waals surface area contributed by atoms with Crippen molar-refractivity contribution in [1.29, 1.82) is 0 Å². The van der Waals surface area contributed by atoms with E-state index in [0.717, 1.165) is 27.8 Å². The second kappa shape index (κ2) is 5.95. The van der Waals surface area contributed by atoms with Gasteiger partial charge in [0.1, 0.15) is 5.76 Å². The Balaban J connectivity index is 1.78. The van der Waals surface area contributed by atoms with E-state index >= 15 is 0 Å². The van der Waals surface area contributed by atoms with Gasteiger partial charge in [-0.25, -0.2) is 4.98 Å². The van der Waals surface area contributed by atoms with Crippen LogP contribution in [0.2, 0.25) is 0 Å². The summed E-state index contributed by atoms with van der Waals surface area (Å²) in [5, 5.41) is 2.03. The van der Waals surface area contributed by atoms with Crippen molar-refractivity contribution in [1.82, 2.24) is 4.98 Å². The molecule has 0 bridgehead atoms. The van der Waals surface area contributed by atoms with Gasteiger partial charge in [0.2, 0.25) is 5.89 Å². The van der Waals surface area contributed by atoms with E-state index < -0.39 is 0 Å². The maximum atomic E-state index is 5.85. The number of rotatable bonds is 4. The van der Waals surface area contributed by atoms with Crippen LogP contribution in [0.1, 0.15) is 17.0 Å². The number of nitrogens with two attached hydrogens (primary N) is 1. The van der Waals surface area contributed by atoms with Gasteiger partial charge in [0, 0.05) is 16.3 Å². The van der Waals surface area contributed by atoms with Crippen LogP contribution in [-0.4, -0.2) is 4.98 Å². The van der Waals surface area contributed by atoms with Crippen molar-refractivity contribution in [3.63, 3.8) is 0 Å². The molecule has 3 rings (SSSR count). The Kier molecular flexibility index (Phi) is 4.03. The van der Waals surface area contributed by atoms with Crippen LogP contribution in [0, 0.1) is 13.8 Å². The summed E-state index contributed by atoms with van der Waals surface area (Å²) in [7, 11) is 0. The monoisotopic (exact) mass is 316 g/mol. The lowest BCUT2D eigenvalue weighted by atomic mass is 10.2. The highest BCUT2D eigenvalue weighted by Gasteiger charge is 2.12. The van der Waals surface area contributed by atoms with Crippen molar-refractivity contribution >= 4 is 28.8 Å². The number of aromatic nitrogens is 1. The van der Waals surface area contributed by atoms with Crippen LogP contribution < -0.4 is 5.73 Å². The van der Waals surface area contributed by atoms with Crippen molar-refractivity contribution in [3.8, 4) is 10.8 Å². The summed E-state index contributed by atoms with van der Waals surface area (Å²) in [5.74, 6) is 2.38. The van der Waals surface area contributed by atoms with Gasteiger partial charge in [0.25, 0.3) is 0 Å². The molecule has 0 spiro atoms. The molecular weight excluding hydrogens is 300 g/mol. The number of benzene rings is 1. The highest BCUT2D eigenvalue weighted by atomic mass is 32.2. The number of hydrogen-bond donors (Lipinski definition) is 1. The molecule has 3 aromatic rings. The van der Waals surface area contributed by atoms with Crippen LogP contribution in [0.25, 0.3) is 10.8 Å². The number of anilines is 1. The average Bonchev–Trinajstić information content (AvgIpc) is 3.09. The number of nitrogen functional groups attached to an aromatic ring is 1. The summed E-state index contributed by atoms with van der Waals surface area (Å²) in [6.45, 7) is 4.06. The average molecular weight is 316 g/mol. The molecule has 3 nitrogen and oxygen atoms in total. The van der Waals surface area contributed by atoms with E-state index in [2.05, 4.69) is 11.9 Å². The zero-order chi connectivity index (χ0) is 14.8. The van der Waals surface area contributed by atoms with E-state index in [9.17, 15) is 0 Å². The number of oxazole rings is 1. The van der Waals surface area contributed by atoms with Gasteiger partial charge >= 0.3 is 0 Å². The Morgan fingerprint density at radius 2 is 2.14 bits per heavy atom. The third-order valence-corrected chi connectivity index (χ3v) is 5.23. The van der Waals surface area contributed by atoms with Crippen LogP contribution >= 0.6 is 23.1 Å². The van der Waals surface area contributed by atoms with Crippen LogP contribution in [-0.2, 0) is 5.75 Å². The third-order valence-electron chi connectivity index (χ3n) is 3.20. The minimum Gasteiger partial charge on any atom is -0.440 e. The largest absolute Gasteiger partial charge is 0.440 e. The SMILES string of the molecule is Cc1ccc(N)cc1SCc1nc(-c2cccs2)oc1C. The number of nitrogens with zero attached hydrogens (tertiary/aromatic N) is 1. The molecule has 0 amide bonds. The zero-order valence-electron chi connectivity index (χ0n) is 11.9. The lowest BCUT2D eigenvalue weighted by Gasteiger charge is -2.05. The van der Waals surface area contributed by atoms with Gasteiger partial charge in [0.05, 0.1) is 10.6 Å². The van der Waals surface area contributed by atoms with Gasteiger partial charge in [-0.2, -0.15) is 0 Å². The fraction of sp³-hybridized carbons (Fsp3) is 0.188. The number of thiophene rings is 1. The molecule has 2 N–H and O–H groups in total. The first-order valence-corrected chi connectivity index (χ1v) is 8.49. The molecule has 1 aromatic carbocycles. The Morgan fingerprint density at radius 1 is 1.29 bits per heavy atom. The predicted molar refractivity (Wildman–Crippen MR) is 89.7 cm³/mol.